The number of amides is 1. The zero-order chi connectivity index (χ0) is 21.7. The van der Waals surface area contributed by atoms with Crippen molar-refractivity contribution in [2.75, 3.05) is 17.2 Å². The van der Waals surface area contributed by atoms with Gasteiger partial charge in [0, 0.05) is 17.9 Å². The minimum absolute atomic E-state index is 0.0498. The molecule has 0 atom stereocenters. The third-order valence-electron chi connectivity index (χ3n) is 5.15. The highest BCUT2D eigenvalue weighted by molar-refractivity contribution is 9.10. The first kappa shape index (κ1) is 21.9. The van der Waals surface area contributed by atoms with Gasteiger partial charge in [-0.25, -0.2) is 0 Å². The minimum Gasteiger partial charge on any atom is -0.483 e. The summed E-state index contributed by atoms with van der Waals surface area (Å²) < 4.78 is 6.51. The molecule has 30 heavy (non-hydrogen) atoms. The van der Waals surface area contributed by atoms with Crippen molar-refractivity contribution in [1.29, 1.82) is 0 Å². The molecule has 4 nitrogen and oxygen atoms in total. The van der Waals surface area contributed by atoms with Gasteiger partial charge in [-0.05, 0) is 108 Å². The summed E-state index contributed by atoms with van der Waals surface area (Å²) in [6, 6.07) is 18.1. The van der Waals surface area contributed by atoms with Gasteiger partial charge in [0.15, 0.2) is 6.61 Å². The maximum absolute atomic E-state index is 12.2. The lowest BCUT2D eigenvalue weighted by Gasteiger charge is -2.12. The van der Waals surface area contributed by atoms with Crippen LogP contribution in [0, 0.1) is 27.7 Å². The average Bonchev–Trinajstić information content (AvgIpc) is 2.71. The molecule has 0 aliphatic heterocycles. The SMILES string of the molecule is Cc1ccc(NCc2ccc(OCC(=O)Nc3ccc(C)c(C)c3)c(Br)c2)cc1C. The van der Waals surface area contributed by atoms with Crippen molar-refractivity contribution in [2.24, 2.45) is 0 Å². The van der Waals surface area contributed by atoms with E-state index >= 15 is 0 Å². The number of ether oxygens (including phenoxy) is 1. The van der Waals surface area contributed by atoms with Crippen LogP contribution < -0.4 is 15.4 Å². The third-order valence-corrected chi connectivity index (χ3v) is 5.77. The van der Waals surface area contributed by atoms with Gasteiger partial charge in [0.25, 0.3) is 5.91 Å². The number of aryl methyl sites for hydroxylation is 4. The first-order valence-electron chi connectivity index (χ1n) is 9.91. The van der Waals surface area contributed by atoms with Gasteiger partial charge in [0.1, 0.15) is 5.75 Å². The molecule has 0 aliphatic rings. The van der Waals surface area contributed by atoms with E-state index in [9.17, 15) is 4.79 Å². The molecule has 3 aromatic carbocycles. The van der Waals surface area contributed by atoms with Crippen molar-refractivity contribution < 1.29 is 9.53 Å². The van der Waals surface area contributed by atoms with Crippen molar-refractivity contribution in [2.45, 2.75) is 34.2 Å². The van der Waals surface area contributed by atoms with E-state index < -0.39 is 0 Å². The summed E-state index contributed by atoms with van der Waals surface area (Å²) in [5.41, 5.74) is 7.88. The standard InChI is InChI=1S/C25H27BrN2O2/c1-16-5-8-21(11-18(16)3)27-14-20-7-10-24(23(26)13-20)30-15-25(29)28-22-9-6-17(2)19(4)12-22/h5-13,27H,14-15H2,1-4H3,(H,28,29). The normalized spacial score (nSPS) is 10.6. The molecule has 156 valence electrons. The highest BCUT2D eigenvalue weighted by Crippen LogP contribution is 2.27. The van der Waals surface area contributed by atoms with Crippen LogP contribution in [0.5, 0.6) is 5.75 Å². The van der Waals surface area contributed by atoms with E-state index in [2.05, 4.69) is 58.6 Å². The van der Waals surface area contributed by atoms with Gasteiger partial charge in [0.05, 0.1) is 4.47 Å². The molecule has 0 saturated heterocycles. The molecule has 5 heteroatoms. The number of hydrogen-bond acceptors (Lipinski definition) is 3. The summed E-state index contributed by atoms with van der Waals surface area (Å²) >= 11 is 3.54. The van der Waals surface area contributed by atoms with Gasteiger partial charge in [-0.1, -0.05) is 18.2 Å². The fourth-order valence-electron chi connectivity index (χ4n) is 2.99. The molecule has 0 unspecified atom stereocenters. The lowest BCUT2D eigenvalue weighted by atomic mass is 10.1. The Balaban J connectivity index is 1.53. The van der Waals surface area contributed by atoms with Crippen LogP contribution in [0.4, 0.5) is 11.4 Å². The fraction of sp³-hybridized carbons (Fsp3) is 0.240. The van der Waals surface area contributed by atoms with Gasteiger partial charge >= 0.3 is 0 Å². The third kappa shape index (κ3) is 5.86. The molecular formula is C25H27BrN2O2. The second-order valence-corrected chi connectivity index (χ2v) is 8.41. The van der Waals surface area contributed by atoms with Crippen LogP contribution in [0.3, 0.4) is 0 Å². The maximum atomic E-state index is 12.2. The molecule has 0 bridgehead atoms. The number of hydrogen-bond donors (Lipinski definition) is 2. The van der Waals surface area contributed by atoms with Gasteiger partial charge in [0.2, 0.25) is 0 Å². The quantitative estimate of drug-likeness (QED) is 0.428. The van der Waals surface area contributed by atoms with E-state index in [0.717, 1.165) is 27.0 Å². The zero-order valence-corrected chi connectivity index (χ0v) is 19.4. The molecule has 3 rings (SSSR count). The summed E-state index contributed by atoms with van der Waals surface area (Å²) in [6.07, 6.45) is 0. The van der Waals surface area contributed by atoms with Crippen LogP contribution in [0.1, 0.15) is 27.8 Å². The fourth-order valence-corrected chi connectivity index (χ4v) is 3.53. The lowest BCUT2D eigenvalue weighted by Crippen LogP contribution is -2.20. The first-order chi connectivity index (χ1) is 14.3. The van der Waals surface area contributed by atoms with Gasteiger partial charge in [-0.2, -0.15) is 0 Å². The lowest BCUT2D eigenvalue weighted by molar-refractivity contribution is -0.118. The second-order valence-electron chi connectivity index (χ2n) is 7.55. The van der Waals surface area contributed by atoms with Crippen molar-refractivity contribution in [3.05, 3.63) is 86.9 Å². The van der Waals surface area contributed by atoms with Crippen LogP contribution in [0.25, 0.3) is 0 Å². The summed E-state index contributed by atoms with van der Waals surface area (Å²) in [7, 11) is 0. The monoisotopic (exact) mass is 466 g/mol. The topological polar surface area (TPSA) is 50.4 Å². The van der Waals surface area contributed by atoms with Gasteiger partial charge in [-0.15, -0.1) is 0 Å². The predicted octanol–water partition coefficient (Wildman–Crippen LogP) is 6.31. The minimum atomic E-state index is -0.189. The van der Waals surface area contributed by atoms with Crippen LogP contribution in [0.15, 0.2) is 59.1 Å². The largest absolute Gasteiger partial charge is 0.483 e. The summed E-state index contributed by atoms with van der Waals surface area (Å²) in [6.45, 7) is 8.94. The highest BCUT2D eigenvalue weighted by Gasteiger charge is 2.08. The highest BCUT2D eigenvalue weighted by atomic mass is 79.9. The zero-order valence-electron chi connectivity index (χ0n) is 17.8. The number of carbonyl (C=O) groups is 1. The smallest absolute Gasteiger partial charge is 0.262 e. The molecule has 2 N–H and O–H groups in total. The Morgan fingerprint density at radius 2 is 1.47 bits per heavy atom. The molecule has 0 fully saturated rings. The number of carbonyl (C=O) groups excluding carboxylic acids is 1. The predicted molar refractivity (Wildman–Crippen MR) is 127 cm³/mol. The number of nitrogens with one attached hydrogen (secondary N) is 2. The van der Waals surface area contributed by atoms with Gasteiger partial charge in [-0.3, -0.25) is 4.79 Å². The Morgan fingerprint density at radius 3 is 2.10 bits per heavy atom. The van der Waals surface area contributed by atoms with Crippen molar-refractivity contribution in [3.63, 3.8) is 0 Å². The molecule has 0 saturated carbocycles. The van der Waals surface area contributed by atoms with E-state index in [1.807, 2.05) is 50.2 Å². The van der Waals surface area contributed by atoms with Crippen molar-refractivity contribution in [1.82, 2.24) is 0 Å². The molecule has 0 aromatic heterocycles. The second kappa shape index (κ2) is 9.81. The Morgan fingerprint density at radius 1 is 0.833 bits per heavy atom. The Labute approximate surface area is 186 Å². The summed E-state index contributed by atoms with van der Waals surface area (Å²) in [4.78, 5) is 12.2. The van der Waals surface area contributed by atoms with E-state index in [1.165, 1.54) is 16.7 Å². The van der Waals surface area contributed by atoms with Crippen molar-refractivity contribution >= 4 is 33.2 Å². The molecular weight excluding hydrogens is 440 g/mol. The Hall–Kier alpha value is -2.79. The van der Waals surface area contributed by atoms with Crippen LogP contribution in [0.2, 0.25) is 0 Å². The Kier molecular flexibility index (Phi) is 7.16. The van der Waals surface area contributed by atoms with Crippen molar-refractivity contribution in [3.8, 4) is 5.75 Å². The molecule has 0 heterocycles. The number of halogens is 1. The number of rotatable bonds is 7. The Bertz CT molecular complexity index is 1060. The van der Waals surface area contributed by atoms with E-state index in [-0.39, 0.29) is 12.5 Å². The number of anilines is 2. The summed E-state index contributed by atoms with van der Waals surface area (Å²) in [5.74, 6) is 0.450. The average molecular weight is 467 g/mol. The molecule has 1 amide bonds. The van der Waals surface area contributed by atoms with Crippen LogP contribution in [-0.4, -0.2) is 12.5 Å². The maximum Gasteiger partial charge on any atom is 0.262 e. The molecule has 0 spiro atoms. The van der Waals surface area contributed by atoms with Crippen LogP contribution in [-0.2, 0) is 11.3 Å². The molecule has 0 radical (unpaired) electrons. The first-order valence-corrected chi connectivity index (χ1v) is 10.7. The van der Waals surface area contributed by atoms with Crippen LogP contribution >= 0.6 is 15.9 Å². The van der Waals surface area contributed by atoms with E-state index in [0.29, 0.717) is 12.3 Å². The molecule has 0 aliphatic carbocycles. The van der Waals surface area contributed by atoms with E-state index in [1.54, 1.807) is 0 Å². The van der Waals surface area contributed by atoms with E-state index in [4.69, 9.17) is 4.74 Å². The number of benzene rings is 3. The molecule has 3 aromatic rings. The summed E-state index contributed by atoms with van der Waals surface area (Å²) in [5, 5.41) is 6.30. The van der Waals surface area contributed by atoms with Gasteiger partial charge < -0.3 is 15.4 Å².